The van der Waals surface area contributed by atoms with Crippen molar-refractivity contribution in [1.82, 2.24) is 9.78 Å². The summed E-state index contributed by atoms with van der Waals surface area (Å²) >= 11 is 8.20. The smallest absolute Gasteiger partial charge is 0.256 e. The van der Waals surface area contributed by atoms with E-state index in [0.29, 0.717) is 39.3 Å². The van der Waals surface area contributed by atoms with E-state index >= 15 is 0 Å². The molecule has 0 unspecified atom stereocenters. The molecule has 0 aliphatic carbocycles. The lowest BCUT2D eigenvalue weighted by molar-refractivity contribution is 0.0930. The molecule has 0 saturated heterocycles. The number of alkyl halides is 1. The van der Waals surface area contributed by atoms with Crippen LogP contribution in [0.25, 0.3) is 11.3 Å². The fraction of sp³-hybridized carbons (Fsp3) is 0.158. The summed E-state index contributed by atoms with van der Waals surface area (Å²) in [4.78, 5) is 12.1. The van der Waals surface area contributed by atoms with Crippen molar-refractivity contribution in [1.29, 1.82) is 0 Å². The number of benzene rings is 2. The number of para-hydroxylation sites is 1. The van der Waals surface area contributed by atoms with Crippen LogP contribution in [0.15, 0.2) is 48.7 Å². The number of rotatable bonds is 6. The predicted molar refractivity (Wildman–Crippen MR) is 112 cm³/mol. The fourth-order valence-corrected chi connectivity index (χ4v) is 2.97. The zero-order valence-corrected chi connectivity index (χ0v) is 17.5. The third-order valence-electron chi connectivity index (χ3n) is 3.77. The molecule has 2 aromatic carbocycles. The van der Waals surface area contributed by atoms with Gasteiger partial charge in [-0.05, 0) is 24.3 Å². The van der Waals surface area contributed by atoms with Crippen LogP contribution in [0.3, 0.4) is 0 Å². The lowest BCUT2D eigenvalue weighted by Gasteiger charge is -2.11. The lowest BCUT2D eigenvalue weighted by Crippen LogP contribution is -2.11. The van der Waals surface area contributed by atoms with Crippen molar-refractivity contribution < 1.29 is 19.0 Å². The van der Waals surface area contributed by atoms with Crippen LogP contribution in [-0.4, -0.2) is 34.3 Å². The number of carbonyl (C=O) groups is 1. The van der Waals surface area contributed by atoms with E-state index in [1.54, 1.807) is 50.7 Å². The first-order valence-electron chi connectivity index (χ1n) is 7.91. The molecule has 0 spiro atoms. The minimum absolute atomic E-state index is 0.168. The molecule has 1 heterocycles. The van der Waals surface area contributed by atoms with Gasteiger partial charge in [-0.2, -0.15) is 5.10 Å². The Kier molecular flexibility index (Phi) is 6.22. The second-order valence-corrected chi connectivity index (χ2v) is 6.58. The average Bonchev–Trinajstić information content (AvgIpc) is 3.12. The average molecular weight is 499 g/mol. The molecule has 140 valence electrons. The Hall–Kier alpha value is -2.26. The summed E-state index contributed by atoms with van der Waals surface area (Å²) < 4.78 is 18.2. The van der Waals surface area contributed by atoms with Gasteiger partial charge in [0.25, 0.3) is 5.91 Å². The van der Waals surface area contributed by atoms with Crippen molar-refractivity contribution in [2.45, 2.75) is 0 Å². The van der Waals surface area contributed by atoms with E-state index < -0.39 is 0 Å². The monoisotopic (exact) mass is 498 g/mol. The quantitative estimate of drug-likeness (QED) is 0.350. The van der Waals surface area contributed by atoms with Crippen LogP contribution >= 0.6 is 34.2 Å². The second kappa shape index (κ2) is 8.62. The number of nitrogens with zero attached hydrogens (tertiary/aromatic N) is 2. The summed E-state index contributed by atoms with van der Waals surface area (Å²) in [5, 5.41) is 4.87. The molecule has 0 aliphatic rings. The number of ether oxygens (including phenoxy) is 3. The van der Waals surface area contributed by atoms with E-state index in [0.717, 1.165) is 0 Å². The molecule has 0 aliphatic heterocycles. The van der Waals surface area contributed by atoms with Gasteiger partial charge in [0.2, 0.25) is 0 Å². The summed E-state index contributed by atoms with van der Waals surface area (Å²) in [7, 11) is 3.13. The Morgan fingerprint density at radius 3 is 2.56 bits per heavy atom. The van der Waals surface area contributed by atoms with E-state index in [9.17, 15) is 4.79 Å². The largest absolute Gasteiger partial charge is 0.497 e. The molecule has 3 aromatic rings. The molecule has 3 rings (SSSR count). The molecule has 6 nitrogen and oxygen atoms in total. The van der Waals surface area contributed by atoms with Gasteiger partial charge in [0, 0.05) is 11.6 Å². The highest BCUT2D eigenvalue weighted by Crippen LogP contribution is 2.40. The zero-order valence-electron chi connectivity index (χ0n) is 14.6. The summed E-state index contributed by atoms with van der Waals surface area (Å²) in [6.07, 6.45) is 1.54. The lowest BCUT2D eigenvalue weighted by atomic mass is 10.1. The topological polar surface area (TPSA) is 62.6 Å². The Morgan fingerprint density at radius 2 is 1.89 bits per heavy atom. The molecule has 0 fully saturated rings. The molecule has 1 aromatic heterocycles. The summed E-state index contributed by atoms with van der Waals surface area (Å²) in [5.74, 6) is 1.88. The first kappa shape index (κ1) is 19.5. The molecular formula is C19H16ClIN2O4. The Labute approximate surface area is 175 Å². The van der Waals surface area contributed by atoms with Gasteiger partial charge in [-0.25, -0.2) is 4.68 Å². The third kappa shape index (κ3) is 4.19. The van der Waals surface area contributed by atoms with Crippen molar-refractivity contribution in [3.63, 3.8) is 0 Å². The number of carbonyl (C=O) groups excluding carboxylic acids is 1. The van der Waals surface area contributed by atoms with Crippen molar-refractivity contribution in [2.75, 3.05) is 18.6 Å². The number of aromatic nitrogens is 2. The standard InChI is InChI=1S/C19H16ClIN2O4/c1-25-12-7-8-13(16(9-12)26-2)19-17(11-23(22-19)18(24)10-21)27-15-6-4-3-5-14(15)20/h3-9,11H,10H2,1-2H3. The molecule has 27 heavy (non-hydrogen) atoms. The molecule has 0 amide bonds. The van der Waals surface area contributed by atoms with Crippen LogP contribution in [0.1, 0.15) is 4.79 Å². The van der Waals surface area contributed by atoms with Crippen LogP contribution in [-0.2, 0) is 0 Å². The SMILES string of the molecule is COc1ccc(-c2nn(C(=O)CI)cc2Oc2ccccc2Cl)c(OC)c1. The van der Waals surface area contributed by atoms with Crippen LogP contribution < -0.4 is 14.2 Å². The van der Waals surface area contributed by atoms with Gasteiger partial charge in [-0.15, -0.1) is 0 Å². The normalized spacial score (nSPS) is 10.5. The maximum absolute atomic E-state index is 12.1. The van der Waals surface area contributed by atoms with Crippen LogP contribution in [0.2, 0.25) is 5.02 Å². The molecule has 0 N–H and O–H groups in total. The van der Waals surface area contributed by atoms with E-state index in [4.69, 9.17) is 25.8 Å². The van der Waals surface area contributed by atoms with Crippen molar-refractivity contribution >= 4 is 40.1 Å². The molecule has 0 atom stereocenters. The number of hydrogen-bond acceptors (Lipinski definition) is 5. The number of hydrogen-bond donors (Lipinski definition) is 0. The third-order valence-corrected chi connectivity index (χ3v) is 4.74. The van der Waals surface area contributed by atoms with Crippen LogP contribution in [0, 0.1) is 0 Å². The maximum atomic E-state index is 12.1. The minimum atomic E-state index is -0.168. The molecule has 0 bridgehead atoms. The minimum Gasteiger partial charge on any atom is -0.497 e. The fourth-order valence-electron chi connectivity index (χ4n) is 2.45. The van der Waals surface area contributed by atoms with Crippen molar-refractivity contribution in [3.05, 3.63) is 53.7 Å². The second-order valence-electron chi connectivity index (χ2n) is 5.41. The summed E-state index contributed by atoms with van der Waals surface area (Å²) in [6.45, 7) is 0. The molecule has 0 saturated carbocycles. The Balaban J connectivity index is 2.12. The zero-order chi connectivity index (χ0) is 19.4. The van der Waals surface area contributed by atoms with Gasteiger partial charge in [-0.3, -0.25) is 4.79 Å². The first-order chi connectivity index (χ1) is 13.1. The van der Waals surface area contributed by atoms with Crippen LogP contribution in [0.4, 0.5) is 0 Å². The van der Waals surface area contributed by atoms with Crippen molar-refractivity contribution in [2.24, 2.45) is 0 Å². The predicted octanol–water partition coefficient (Wildman–Crippen LogP) is 5.09. The van der Waals surface area contributed by atoms with Gasteiger partial charge in [-0.1, -0.05) is 46.3 Å². The number of halogens is 2. The van der Waals surface area contributed by atoms with Gasteiger partial charge >= 0.3 is 0 Å². The van der Waals surface area contributed by atoms with Crippen LogP contribution in [0.5, 0.6) is 23.0 Å². The molecular weight excluding hydrogens is 483 g/mol. The molecule has 0 radical (unpaired) electrons. The maximum Gasteiger partial charge on any atom is 0.256 e. The van der Waals surface area contributed by atoms with E-state index in [1.165, 1.54) is 4.68 Å². The van der Waals surface area contributed by atoms with Crippen molar-refractivity contribution in [3.8, 4) is 34.3 Å². The van der Waals surface area contributed by atoms with E-state index in [-0.39, 0.29) is 10.3 Å². The van der Waals surface area contributed by atoms with Gasteiger partial charge in [0.1, 0.15) is 22.9 Å². The number of methoxy groups -OCH3 is 2. The van der Waals surface area contributed by atoms with Gasteiger partial charge < -0.3 is 14.2 Å². The van der Waals surface area contributed by atoms with Gasteiger partial charge in [0.15, 0.2) is 5.75 Å². The Morgan fingerprint density at radius 1 is 1.11 bits per heavy atom. The molecule has 8 heteroatoms. The highest BCUT2D eigenvalue weighted by molar-refractivity contribution is 14.1. The summed E-state index contributed by atoms with van der Waals surface area (Å²) in [6, 6.07) is 12.4. The highest BCUT2D eigenvalue weighted by atomic mass is 127. The highest BCUT2D eigenvalue weighted by Gasteiger charge is 2.20. The van der Waals surface area contributed by atoms with E-state index in [2.05, 4.69) is 5.10 Å². The first-order valence-corrected chi connectivity index (χ1v) is 9.81. The van der Waals surface area contributed by atoms with Gasteiger partial charge in [0.05, 0.1) is 29.9 Å². The summed E-state index contributed by atoms with van der Waals surface area (Å²) in [5.41, 5.74) is 1.13. The Bertz CT molecular complexity index is 974. The van der Waals surface area contributed by atoms with E-state index in [1.807, 2.05) is 34.7 Å².